The molecule has 3 N–H and O–H groups in total. The van der Waals surface area contributed by atoms with Gasteiger partial charge in [0.1, 0.15) is 0 Å². The van der Waals surface area contributed by atoms with Crippen LogP contribution in [-0.4, -0.2) is 23.9 Å². The van der Waals surface area contributed by atoms with Gasteiger partial charge >= 0.3 is 0 Å². The van der Waals surface area contributed by atoms with Crippen molar-refractivity contribution in [3.05, 3.63) is 0 Å². The highest BCUT2D eigenvalue weighted by Crippen LogP contribution is 1.69. The molecule has 0 amide bonds. The molecule has 0 aromatic carbocycles. The van der Waals surface area contributed by atoms with E-state index in [1.807, 2.05) is 19.3 Å². The van der Waals surface area contributed by atoms with Crippen LogP contribution in [0.15, 0.2) is 10.1 Å². The Bertz CT molecular complexity index is 148. The second-order valence-electron chi connectivity index (χ2n) is 1.85. The van der Waals surface area contributed by atoms with Crippen LogP contribution in [0.4, 0.5) is 0 Å². The van der Waals surface area contributed by atoms with E-state index >= 15 is 0 Å². The van der Waals surface area contributed by atoms with Gasteiger partial charge in [-0.15, -0.1) is 0 Å². The van der Waals surface area contributed by atoms with Gasteiger partial charge in [0.15, 0.2) is 0 Å². The van der Waals surface area contributed by atoms with Crippen molar-refractivity contribution in [3.63, 3.8) is 0 Å². The molecule has 0 aromatic rings. The molecule has 0 aliphatic heterocycles. The van der Waals surface area contributed by atoms with Crippen LogP contribution in [0.25, 0.3) is 0 Å². The van der Waals surface area contributed by atoms with E-state index in [1.165, 1.54) is 7.05 Å². The summed E-state index contributed by atoms with van der Waals surface area (Å²) in [4.78, 5) is 3.62. The molecule has 0 spiro atoms. The molecule has 0 aromatic heterocycles. The number of rotatable bonds is 1. The Morgan fingerprint density at radius 2 is 2.00 bits per heavy atom. The predicted octanol–water partition coefficient (Wildman–Crippen LogP) is -0.0636. The SMILES string of the molecule is CN=C(NO)NN=C(C)C. The highest BCUT2D eigenvalue weighted by atomic mass is 16.5. The van der Waals surface area contributed by atoms with Crippen molar-refractivity contribution in [1.82, 2.24) is 10.9 Å². The second-order valence-corrected chi connectivity index (χ2v) is 1.85. The van der Waals surface area contributed by atoms with Crippen LogP contribution in [0.5, 0.6) is 0 Å². The maximum absolute atomic E-state index is 8.33. The minimum atomic E-state index is 0.223. The van der Waals surface area contributed by atoms with Crippen molar-refractivity contribution >= 4 is 11.7 Å². The molecule has 0 fully saturated rings. The van der Waals surface area contributed by atoms with Gasteiger partial charge in [0.2, 0.25) is 5.96 Å². The lowest BCUT2D eigenvalue weighted by Gasteiger charge is -2.00. The van der Waals surface area contributed by atoms with E-state index in [2.05, 4.69) is 15.5 Å². The maximum Gasteiger partial charge on any atom is 0.236 e. The second kappa shape index (κ2) is 4.75. The minimum absolute atomic E-state index is 0.223. The first-order valence-corrected chi connectivity index (χ1v) is 2.84. The number of hydrazone groups is 1. The van der Waals surface area contributed by atoms with Gasteiger partial charge in [-0.2, -0.15) is 5.10 Å². The third-order valence-electron chi connectivity index (χ3n) is 0.715. The average Bonchev–Trinajstić information content (AvgIpc) is 1.90. The lowest BCUT2D eigenvalue weighted by Crippen LogP contribution is -2.31. The number of guanidine groups is 1. The zero-order valence-electron chi connectivity index (χ0n) is 6.34. The lowest BCUT2D eigenvalue weighted by atomic mass is 10.5. The van der Waals surface area contributed by atoms with Crippen LogP contribution in [0.3, 0.4) is 0 Å². The topological polar surface area (TPSA) is 69.0 Å². The van der Waals surface area contributed by atoms with Crippen molar-refractivity contribution in [2.24, 2.45) is 10.1 Å². The van der Waals surface area contributed by atoms with E-state index in [0.29, 0.717) is 0 Å². The summed E-state index contributed by atoms with van der Waals surface area (Å²) >= 11 is 0. The van der Waals surface area contributed by atoms with Crippen LogP contribution in [0.2, 0.25) is 0 Å². The number of hydroxylamine groups is 1. The molecule has 0 heterocycles. The number of hydrogen-bond donors (Lipinski definition) is 3. The first-order valence-electron chi connectivity index (χ1n) is 2.84. The summed E-state index contributed by atoms with van der Waals surface area (Å²) in [7, 11) is 1.53. The zero-order valence-corrected chi connectivity index (χ0v) is 6.34. The average molecular weight is 144 g/mol. The molecule has 0 bridgehead atoms. The molecule has 0 rings (SSSR count). The fourth-order valence-electron chi connectivity index (χ4n) is 0.290. The number of aliphatic imine (C=N–C) groups is 1. The van der Waals surface area contributed by atoms with Crippen molar-refractivity contribution in [2.45, 2.75) is 13.8 Å². The van der Waals surface area contributed by atoms with Gasteiger partial charge in [-0.25, -0.2) is 10.9 Å². The van der Waals surface area contributed by atoms with Gasteiger partial charge in [-0.3, -0.25) is 10.2 Å². The maximum atomic E-state index is 8.33. The van der Waals surface area contributed by atoms with Crippen molar-refractivity contribution in [2.75, 3.05) is 7.05 Å². The van der Waals surface area contributed by atoms with E-state index in [0.717, 1.165) is 5.71 Å². The molecule has 0 saturated heterocycles. The Hall–Kier alpha value is -1.10. The number of nitrogens with zero attached hydrogens (tertiary/aromatic N) is 2. The van der Waals surface area contributed by atoms with Gasteiger partial charge in [-0.05, 0) is 13.8 Å². The summed E-state index contributed by atoms with van der Waals surface area (Å²) in [5.41, 5.74) is 5.19. The largest absolute Gasteiger partial charge is 0.288 e. The first kappa shape index (κ1) is 8.90. The highest BCUT2D eigenvalue weighted by Gasteiger charge is 1.88. The quantitative estimate of drug-likeness (QED) is 0.274. The fourth-order valence-corrected chi connectivity index (χ4v) is 0.290. The molecular weight excluding hydrogens is 132 g/mol. The minimum Gasteiger partial charge on any atom is -0.288 e. The normalized spacial score (nSPS) is 10.6. The Labute approximate surface area is 59.8 Å². The summed E-state index contributed by atoms with van der Waals surface area (Å²) in [6.07, 6.45) is 0. The molecule has 0 aliphatic carbocycles. The van der Waals surface area contributed by atoms with Gasteiger partial charge in [0, 0.05) is 12.8 Å². The lowest BCUT2D eigenvalue weighted by molar-refractivity contribution is 0.229. The van der Waals surface area contributed by atoms with Crippen LogP contribution in [0.1, 0.15) is 13.8 Å². The summed E-state index contributed by atoms with van der Waals surface area (Å²) < 4.78 is 0. The fraction of sp³-hybridized carbons (Fsp3) is 0.600. The van der Waals surface area contributed by atoms with Gasteiger partial charge in [0.05, 0.1) is 0 Å². The van der Waals surface area contributed by atoms with E-state index in [4.69, 9.17) is 5.21 Å². The van der Waals surface area contributed by atoms with E-state index in [-0.39, 0.29) is 5.96 Å². The summed E-state index contributed by atoms with van der Waals surface area (Å²) in [6, 6.07) is 0. The Morgan fingerprint density at radius 1 is 1.40 bits per heavy atom. The Morgan fingerprint density at radius 3 is 2.30 bits per heavy atom. The van der Waals surface area contributed by atoms with Gasteiger partial charge < -0.3 is 0 Å². The molecule has 0 radical (unpaired) electrons. The highest BCUT2D eigenvalue weighted by molar-refractivity contribution is 5.83. The number of nitrogens with one attached hydrogen (secondary N) is 2. The molecule has 10 heavy (non-hydrogen) atoms. The van der Waals surface area contributed by atoms with Crippen LogP contribution in [-0.2, 0) is 0 Å². The third kappa shape index (κ3) is 3.85. The smallest absolute Gasteiger partial charge is 0.236 e. The summed E-state index contributed by atoms with van der Waals surface area (Å²) in [5.74, 6) is 0.223. The van der Waals surface area contributed by atoms with Crippen molar-refractivity contribution in [1.29, 1.82) is 0 Å². The standard InChI is InChI=1S/C5H12N4O/c1-4(2)7-8-5(6-3)9-10/h10H,1-3H3,(H2,6,8,9). The first-order chi connectivity index (χ1) is 4.70. The van der Waals surface area contributed by atoms with Crippen molar-refractivity contribution in [3.8, 4) is 0 Å². The van der Waals surface area contributed by atoms with Gasteiger partial charge in [-0.1, -0.05) is 0 Å². The monoisotopic (exact) mass is 144 g/mol. The Balaban J connectivity index is 3.78. The molecule has 0 aliphatic rings. The summed E-state index contributed by atoms with van der Waals surface area (Å²) in [6.45, 7) is 3.66. The van der Waals surface area contributed by atoms with E-state index in [1.54, 1.807) is 0 Å². The summed E-state index contributed by atoms with van der Waals surface area (Å²) in [5, 5.41) is 12.1. The Kier molecular flexibility index (Phi) is 4.23. The molecule has 58 valence electrons. The van der Waals surface area contributed by atoms with E-state index < -0.39 is 0 Å². The molecule has 5 heteroatoms. The van der Waals surface area contributed by atoms with Crippen molar-refractivity contribution < 1.29 is 5.21 Å². The predicted molar refractivity (Wildman–Crippen MR) is 40.2 cm³/mol. The van der Waals surface area contributed by atoms with Crippen LogP contribution in [0, 0.1) is 0 Å². The molecular formula is C5H12N4O. The molecule has 0 unspecified atom stereocenters. The molecule has 0 saturated carbocycles. The third-order valence-corrected chi connectivity index (χ3v) is 0.715. The van der Waals surface area contributed by atoms with Crippen LogP contribution < -0.4 is 10.9 Å². The zero-order chi connectivity index (χ0) is 7.98. The molecule has 5 nitrogen and oxygen atoms in total. The van der Waals surface area contributed by atoms with Crippen LogP contribution >= 0.6 is 0 Å². The number of hydrogen-bond acceptors (Lipinski definition) is 3. The van der Waals surface area contributed by atoms with Gasteiger partial charge in [0.25, 0.3) is 0 Å². The van der Waals surface area contributed by atoms with E-state index in [9.17, 15) is 0 Å². The molecule has 0 atom stereocenters.